The van der Waals surface area contributed by atoms with Gasteiger partial charge in [-0.3, -0.25) is 9.59 Å². The van der Waals surface area contributed by atoms with E-state index in [4.69, 9.17) is 13.9 Å². The molecule has 156 valence electrons. The van der Waals surface area contributed by atoms with Crippen molar-refractivity contribution in [3.05, 3.63) is 47.4 Å². The molecule has 0 bridgehead atoms. The largest absolute Gasteiger partial charge is 0.466 e. The van der Waals surface area contributed by atoms with E-state index in [0.717, 1.165) is 48.5 Å². The maximum absolute atomic E-state index is 12.6. The summed E-state index contributed by atoms with van der Waals surface area (Å²) in [5.41, 5.74) is 1.06. The minimum Gasteiger partial charge on any atom is -0.466 e. The number of unbranched alkanes of at least 4 members (excludes halogenated alkanes) is 2. The van der Waals surface area contributed by atoms with Crippen molar-refractivity contribution in [2.75, 3.05) is 6.79 Å². The molecule has 1 aliphatic heterocycles. The number of fused-ring (bicyclic) bond motifs is 1. The number of hydrogen-bond donors (Lipinski definition) is 0. The van der Waals surface area contributed by atoms with Gasteiger partial charge in [0, 0.05) is 25.7 Å². The van der Waals surface area contributed by atoms with E-state index in [0.29, 0.717) is 31.4 Å². The normalized spacial score (nSPS) is 12.5. The van der Waals surface area contributed by atoms with Crippen LogP contribution in [-0.2, 0) is 22.4 Å². The maximum Gasteiger partial charge on any atom is 0.231 e. The summed E-state index contributed by atoms with van der Waals surface area (Å²) in [4.78, 5) is 25.3. The van der Waals surface area contributed by atoms with Gasteiger partial charge in [-0.25, -0.2) is 0 Å². The molecule has 0 fully saturated rings. The molecule has 1 aliphatic rings. The van der Waals surface area contributed by atoms with Crippen LogP contribution in [0.5, 0.6) is 11.5 Å². The summed E-state index contributed by atoms with van der Waals surface area (Å²) >= 11 is 0. The number of benzene rings is 1. The number of rotatable bonds is 12. The van der Waals surface area contributed by atoms with E-state index in [1.165, 1.54) is 0 Å². The first-order valence-electron chi connectivity index (χ1n) is 10.6. The molecule has 29 heavy (non-hydrogen) atoms. The summed E-state index contributed by atoms with van der Waals surface area (Å²) in [7, 11) is 0. The fourth-order valence-corrected chi connectivity index (χ4v) is 3.54. The van der Waals surface area contributed by atoms with Crippen molar-refractivity contribution in [1.29, 1.82) is 0 Å². The van der Waals surface area contributed by atoms with E-state index in [9.17, 15) is 9.59 Å². The van der Waals surface area contributed by atoms with Crippen molar-refractivity contribution in [2.24, 2.45) is 5.92 Å². The fourth-order valence-electron chi connectivity index (χ4n) is 3.54. The molecule has 0 saturated carbocycles. The van der Waals surface area contributed by atoms with Crippen molar-refractivity contribution < 1.29 is 23.5 Å². The predicted octanol–water partition coefficient (Wildman–Crippen LogP) is 5.28. The zero-order chi connectivity index (χ0) is 20.6. The lowest BCUT2D eigenvalue weighted by molar-refractivity contribution is -0.133. The molecule has 5 nitrogen and oxygen atoms in total. The van der Waals surface area contributed by atoms with E-state index < -0.39 is 5.92 Å². The molecule has 0 radical (unpaired) electrons. The molecule has 2 heterocycles. The summed E-state index contributed by atoms with van der Waals surface area (Å²) in [5, 5.41) is 0. The Morgan fingerprint density at radius 1 is 0.897 bits per heavy atom. The van der Waals surface area contributed by atoms with E-state index in [-0.39, 0.29) is 18.4 Å². The van der Waals surface area contributed by atoms with Gasteiger partial charge in [0.05, 0.1) is 5.92 Å². The highest BCUT2D eigenvalue weighted by Gasteiger charge is 2.27. The lowest BCUT2D eigenvalue weighted by Gasteiger charge is -2.13. The Morgan fingerprint density at radius 3 is 2.24 bits per heavy atom. The first-order valence-corrected chi connectivity index (χ1v) is 10.6. The van der Waals surface area contributed by atoms with Gasteiger partial charge < -0.3 is 13.9 Å². The van der Waals surface area contributed by atoms with Gasteiger partial charge in [0.2, 0.25) is 6.79 Å². The third kappa shape index (κ3) is 5.72. The van der Waals surface area contributed by atoms with Gasteiger partial charge in [-0.1, -0.05) is 32.8 Å². The zero-order valence-corrected chi connectivity index (χ0v) is 17.4. The van der Waals surface area contributed by atoms with Crippen LogP contribution in [-0.4, -0.2) is 18.4 Å². The molecule has 0 N–H and O–H groups in total. The standard InChI is InChI=1S/C24H30O5/c1-3-5-7-21(25)20(22(26)8-6-4-2)15-19-11-10-18(29-19)13-17-9-12-23-24(14-17)28-16-27-23/h9-12,14,20H,3-8,13,15-16H2,1-2H3. The third-order valence-electron chi connectivity index (χ3n) is 5.27. The van der Waals surface area contributed by atoms with Gasteiger partial charge in [-0.15, -0.1) is 0 Å². The van der Waals surface area contributed by atoms with Crippen LogP contribution in [0.2, 0.25) is 0 Å². The van der Waals surface area contributed by atoms with Gasteiger partial charge in [0.15, 0.2) is 11.5 Å². The average molecular weight is 398 g/mol. The van der Waals surface area contributed by atoms with Crippen LogP contribution in [0, 0.1) is 5.92 Å². The second kappa shape index (κ2) is 10.3. The Bertz CT molecular complexity index is 816. The zero-order valence-electron chi connectivity index (χ0n) is 17.4. The number of carbonyl (C=O) groups excluding carboxylic acids is 2. The molecule has 0 saturated heterocycles. The Labute approximate surface area is 172 Å². The van der Waals surface area contributed by atoms with Crippen LogP contribution < -0.4 is 9.47 Å². The van der Waals surface area contributed by atoms with Gasteiger partial charge in [-0.05, 0) is 42.7 Å². The first-order chi connectivity index (χ1) is 14.1. The number of hydrogen-bond acceptors (Lipinski definition) is 5. The number of furan rings is 1. The molecule has 0 unspecified atom stereocenters. The topological polar surface area (TPSA) is 65.7 Å². The molecule has 0 spiro atoms. The maximum atomic E-state index is 12.6. The van der Waals surface area contributed by atoms with E-state index in [2.05, 4.69) is 13.8 Å². The Balaban J connectivity index is 1.66. The lowest BCUT2D eigenvalue weighted by Crippen LogP contribution is -2.26. The number of carbonyl (C=O) groups is 2. The molecule has 1 aromatic carbocycles. The quantitative estimate of drug-likeness (QED) is 0.455. The summed E-state index contributed by atoms with van der Waals surface area (Å²) in [5.74, 6) is 2.51. The first kappa shape index (κ1) is 21.2. The number of Topliss-reactive ketones (excluding diaryl/α,β-unsaturated/α-hetero) is 2. The minimum absolute atomic E-state index is 0.0432. The van der Waals surface area contributed by atoms with Crippen LogP contribution in [0.4, 0.5) is 0 Å². The molecule has 1 aromatic heterocycles. The molecular formula is C24H30O5. The molecule has 0 amide bonds. The van der Waals surface area contributed by atoms with Crippen molar-refractivity contribution in [3.63, 3.8) is 0 Å². The van der Waals surface area contributed by atoms with Crippen molar-refractivity contribution >= 4 is 11.6 Å². The number of ether oxygens (including phenoxy) is 2. The van der Waals surface area contributed by atoms with E-state index in [1.54, 1.807) is 0 Å². The number of ketones is 2. The van der Waals surface area contributed by atoms with Crippen LogP contribution >= 0.6 is 0 Å². The average Bonchev–Trinajstić information content (AvgIpc) is 3.37. The van der Waals surface area contributed by atoms with Gasteiger partial charge >= 0.3 is 0 Å². The van der Waals surface area contributed by atoms with Gasteiger partial charge in [0.1, 0.15) is 23.1 Å². The smallest absolute Gasteiger partial charge is 0.231 e. The Hall–Kier alpha value is -2.56. The molecular weight excluding hydrogens is 368 g/mol. The second-order valence-corrected chi connectivity index (χ2v) is 7.63. The lowest BCUT2D eigenvalue weighted by atomic mass is 9.89. The minimum atomic E-state index is -0.586. The Morgan fingerprint density at radius 2 is 1.55 bits per heavy atom. The molecule has 0 aliphatic carbocycles. The highest BCUT2D eigenvalue weighted by atomic mass is 16.7. The van der Waals surface area contributed by atoms with Crippen molar-refractivity contribution in [1.82, 2.24) is 0 Å². The predicted molar refractivity (Wildman–Crippen MR) is 110 cm³/mol. The molecule has 3 rings (SSSR count). The second-order valence-electron chi connectivity index (χ2n) is 7.63. The van der Waals surface area contributed by atoms with Crippen LogP contribution in [0.1, 0.15) is 69.5 Å². The summed E-state index contributed by atoms with van der Waals surface area (Å²) in [6.07, 6.45) is 5.44. The van der Waals surface area contributed by atoms with Crippen LogP contribution in [0.3, 0.4) is 0 Å². The van der Waals surface area contributed by atoms with Gasteiger partial charge in [0.25, 0.3) is 0 Å². The molecule has 5 heteroatoms. The summed E-state index contributed by atoms with van der Waals surface area (Å²) in [6.45, 7) is 4.36. The molecule has 0 atom stereocenters. The van der Waals surface area contributed by atoms with Crippen molar-refractivity contribution in [3.8, 4) is 11.5 Å². The Kier molecular flexibility index (Phi) is 7.50. The monoisotopic (exact) mass is 398 g/mol. The van der Waals surface area contributed by atoms with Crippen LogP contribution in [0.15, 0.2) is 34.7 Å². The molecule has 2 aromatic rings. The highest BCUT2D eigenvalue weighted by Crippen LogP contribution is 2.33. The van der Waals surface area contributed by atoms with Crippen molar-refractivity contribution in [2.45, 2.75) is 65.2 Å². The fraction of sp³-hybridized carbons (Fsp3) is 0.500. The SMILES string of the molecule is CCCCC(=O)C(Cc1ccc(Cc2ccc3c(c2)OCO3)o1)C(=O)CCCC. The third-order valence-corrected chi connectivity index (χ3v) is 5.27. The van der Waals surface area contributed by atoms with Crippen LogP contribution in [0.25, 0.3) is 0 Å². The summed E-state index contributed by atoms with van der Waals surface area (Å²) in [6, 6.07) is 9.65. The van der Waals surface area contributed by atoms with E-state index in [1.807, 2.05) is 30.3 Å². The summed E-state index contributed by atoms with van der Waals surface area (Å²) < 4.78 is 16.7. The van der Waals surface area contributed by atoms with E-state index >= 15 is 0 Å². The highest BCUT2D eigenvalue weighted by molar-refractivity contribution is 6.02. The van der Waals surface area contributed by atoms with Gasteiger partial charge in [-0.2, -0.15) is 0 Å².